The molecule has 0 radical (unpaired) electrons. The molecule has 0 aliphatic rings. The fourth-order valence-corrected chi connectivity index (χ4v) is 2.83. The van der Waals surface area contributed by atoms with Gasteiger partial charge in [0.15, 0.2) is 5.82 Å². The van der Waals surface area contributed by atoms with Gasteiger partial charge in [0.2, 0.25) is 20.8 Å². The van der Waals surface area contributed by atoms with Gasteiger partial charge in [-0.1, -0.05) is 22.9 Å². The number of nitrogens with two attached hydrogens (primary N) is 2. The molecule has 1 aromatic carbocycles. The Morgan fingerprint density at radius 3 is 2.45 bits per heavy atom. The zero-order valence-electron chi connectivity index (χ0n) is 10.6. The number of rotatable bonds is 4. The van der Waals surface area contributed by atoms with Crippen molar-refractivity contribution < 1.29 is 13.2 Å². The summed E-state index contributed by atoms with van der Waals surface area (Å²) in [5, 5.41) is 6.67. The van der Waals surface area contributed by atoms with Gasteiger partial charge >= 0.3 is 0 Å². The van der Waals surface area contributed by atoms with Gasteiger partial charge in [-0.15, -0.1) is 5.10 Å². The molecule has 4 N–H and O–H groups in total. The zero-order chi connectivity index (χ0) is 14.9. The first-order chi connectivity index (χ1) is 9.32. The van der Waals surface area contributed by atoms with E-state index in [1.54, 1.807) is 12.1 Å². The molecule has 8 nitrogen and oxygen atoms in total. The maximum Gasteiger partial charge on any atom is 0.239 e. The van der Waals surface area contributed by atoms with E-state index in [0.29, 0.717) is 0 Å². The van der Waals surface area contributed by atoms with Gasteiger partial charge in [0.25, 0.3) is 0 Å². The van der Waals surface area contributed by atoms with Crippen LogP contribution in [0.4, 0.5) is 5.82 Å². The fourth-order valence-electron chi connectivity index (χ4n) is 1.59. The van der Waals surface area contributed by atoms with Gasteiger partial charge in [0, 0.05) is 0 Å². The van der Waals surface area contributed by atoms with Gasteiger partial charge in [-0.2, -0.15) is 0 Å². The Kier molecular flexibility index (Phi) is 3.45. The van der Waals surface area contributed by atoms with E-state index in [9.17, 15) is 13.2 Å². The Labute approximate surface area is 115 Å². The number of anilines is 1. The topological polar surface area (TPSA) is 134 Å². The fraction of sp³-hybridized carbons (Fsp3) is 0.182. The highest BCUT2D eigenvalue weighted by Crippen LogP contribution is 2.23. The molecule has 0 bridgehead atoms. The minimum absolute atomic E-state index is 0.0564. The van der Waals surface area contributed by atoms with Crippen LogP contribution in [0.2, 0.25) is 0 Å². The van der Waals surface area contributed by atoms with Crippen LogP contribution >= 0.6 is 0 Å². The summed E-state index contributed by atoms with van der Waals surface area (Å²) in [6.07, 6.45) is 0. The number of primary amides is 1. The van der Waals surface area contributed by atoms with Gasteiger partial charge in [-0.05, 0) is 19.1 Å². The summed E-state index contributed by atoms with van der Waals surface area (Å²) in [4.78, 5) is 10.9. The van der Waals surface area contributed by atoms with Crippen molar-refractivity contribution in [2.45, 2.75) is 23.4 Å². The van der Waals surface area contributed by atoms with Crippen LogP contribution in [0.5, 0.6) is 0 Å². The zero-order valence-corrected chi connectivity index (χ0v) is 11.5. The summed E-state index contributed by atoms with van der Waals surface area (Å²) >= 11 is 0. The van der Waals surface area contributed by atoms with Crippen molar-refractivity contribution in [3.8, 4) is 0 Å². The van der Waals surface area contributed by atoms with E-state index in [4.69, 9.17) is 11.5 Å². The summed E-state index contributed by atoms with van der Waals surface area (Å²) in [5.41, 5.74) is 11.6. The van der Waals surface area contributed by atoms with E-state index < -0.39 is 15.7 Å². The Hall–Kier alpha value is -2.42. The molecule has 0 atom stereocenters. The molecule has 0 saturated carbocycles. The number of amides is 1. The highest BCUT2D eigenvalue weighted by atomic mass is 32.2. The van der Waals surface area contributed by atoms with Crippen molar-refractivity contribution in [1.82, 2.24) is 15.0 Å². The largest absolute Gasteiger partial charge is 0.381 e. The summed E-state index contributed by atoms with van der Waals surface area (Å²) in [5.74, 6) is -0.912. The second-order valence-electron chi connectivity index (χ2n) is 4.22. The van der Waals surface area contributed by atoms with Crippen LogP contribution in [0.3, 0.4) is 0 Å². The first kappa shape index (κ1) is 14.0. The average Bonchev–Trinajstić information content (AvgIpc) is 2.71. The third-order valence-corrected chi connectivity index (χ3v) is 4.32. The van der Waals surface area contributed by atoms with Gasteiger partial charge < -0.3 is 11.5 Å². The summed E-state index contributed by atoms with van der Waals surface area (Å²) in [6, 6.07) is 6.24. The molecule has 0 fully saturated rings. The van der Waals surface area contributed by atoms with Gasteiger partial charge in [-0.25, -0.2) is 13.1 Å². The number of aryl methyl sites for hydroxylation is 1. The standard InChI is InChI=1S/C11H13N5O3S/c1-7-2-4-8(5-3-7)20(18,19)11-10(13)16(15-14-11)6-9(12)17/h2-5H,6,13H2,1H3,(H2,12,17). The van der Waals surface area contributed by atoms with Crippen LogP contribution in [-0.2, 0) is 21.2 Å². The Bertz CT molecular complexity index is 749. The maximum atomic E-state index is 12.4. The lowest BCUT2D eigenvalue weighted by atomic mass is 10.2. The number of carbonyl (C=O) groups is 1. The number of nitrogen functional groups attached to an aromatic ring is 1. The molecular formula is C11H13N5O3S. The molecule has 9 heteroatoms. The lowest BCUT2D eigenvalue weighted by molar-refractivity contribution is -0.118. The van der Waals surface area contributed by atoms with Crippen molar-refractivity contribution in [2.24, 2.45) is 5.73 Å². The summed E-state index contributed by atoms with van der Waals surface area (Å²) in [7, 11) is -3.87. The number of sulfone groups is 1. The summed E-state index contributed by atoms with van der Waals surface area (Å²) in [6.45, 7) is 1.51. The van der Waals surface area contributed by atoms with E-state index in [2.05, 4.69) is 10.3 Å². The smallest absolute Gasteiger partial charge is 0.239 e. The molecule has 1 aromatic heterocycles. The van der Waals surface area contributed by atoms with E-state index in [-0.39, 0.29) is 22.3 Å². The van der Waals surface area contributed by atoms with Crippen LogP contribution in [0, 0.1) is 6.92 Å². The van der Waals surface area contributed by atoms with Crippen LogP contribution in [0.25, 0.3) is 0 Å². The molecule has 2 aromatic rings. The van der Waals surface area contributed by atoms with Crippen molar-refractivity contribution >= 4 is 21.6 Å². The van der Waals surface area contributed by atoms with Crippen molar-refractivity contribution in [3.05, 3.63) is 29.8 Å². The first-order valence-corrected chi connectivity index (χ1v) is 7.09. The number of hydrogen-bond acceptors (Lipinski definition) is 6. The monoisotopic (exact) mass is 295 g/mol. The molecule has 1 heterocycles. The molecule has 0 saturated heterocycles. The van der Waals surface area contributed by atoms with E-state index >= 15 is 0 Å². The minimum atomic E-state index is -3.87. The second-order valence-corrected chi connectivity index (χ2v) is 6.09. The van der Waals surface area contributed by atoms with Gasteiger partial charge in [-0.3, -0.25) is 4.79 Å². The number of hydrogen-bond donors (Lipinski definition) is 2. The van der Waals surface area contributed by atoms with Gasteiger partial charge in [0.05, 0.1) is 4.90 Å². The molecule has 1 amide bonds. The molecule has 0 spiro atoms. The number of benzene rings is 1. The lowest BCUT2D eigenvalue weighted by Gasteiger charge is -2.03. The minimum Gasteiger partial charge on any atom is -0.381 e. The van der Waals surface area contributed by atoms with Crippen molar-refractivity contribution in [2.75, 3.05) is 5.73 Å². The number of nitrogens with zero attached hydrogens (tertiary/aromatic N) is 3. The quantitative estimate of drug-likeness (QED) is 0.780. The second kappa shape index (κ2) is 4.93. The summed E-state index contributed by atoms with van der Waals surface area (Å²) < 4.78 is 25.7. The molecule has 0 aliphatic heterocycles. The Morgan fingerprint density at radius 1 is 1.30 bits per heavy atom. The third kappa shape index (κ3) is 2.48. The van der Waals surface area contributed by atoms with E-state index in [0.717, 1.165) is 10.2 Å². The van der Waals surface area contributed by atoms with E-state index in [1.807, 2.05) is 6.92 Å². The van der Waals surface area contributed by atoms with Crippen LogP contribution in [0.15, 0.2) is 34.2 Å². The van der Waals surface area contributed by atoms with Crippen molar-refractivity contribution in [1.29, 1.82) is 0 Å². The van der Waals surface area contributed by atoms with Crippen LogP contribution in [-0.4, -0.2) is 29.3 Å². The molecule has 0 unspecified atom stereocenters. The predicted molar refractivity (Wildman–Crippen MR) is 70.3 cm³/mol. The van der Waals surface area contributed by atoms with E-state index in [1.165, 1.54) is 12.1 Å². The molecule has 2 rings (SSSR count). The number of carbonyl (C=O) groups excluding carboxylic acids is 1. The SMILES string of the molecule is Cc1ccc(S(=O)(=O)c2nnn(CC(N)=O)c2N)cc1. The van der Waals surface area contributed by atoms with Crippen LogP contribution < -0.4 is 11.5 Å². The molecule has 20 heavy (non-hydrogen) atoms. The normalized spacial score (nSPS) is 11.4. The molecule has 106 valence electrons. The Balaban J connectivity index is 2.47. The highest BCUT2D eigenvalue weighted by Gasteiger charge is 2.26. The van der Waals surface area contributed by atoms with Crippen LogP contribution in [0.1, 0.15) is 5.56 Å². The lowest BCUT2D eigenvalue weighted by Crippen LogP contribution is -2.21. The first-order valence-electron chi connectivity index (χ1n) is 5.61. The number of aromatic nitrogens is 3. The predicted octanol–water partition coefficient (Wildman–Crippen LogP) is -0.513. The Morgan fingerprint density at radius 2 is 1.90 bits per heavy atom. The highest BCUT2D eigenvalue weighted by molar-refractivity contribution is 7.91. The van der Waals surface area contributed by atoms with Gasteiger partial charge in [0.1, 0.15) is 6.54 Å². The van der Waals surface area contributed by atoms with Crippen molar-refractivity contribution in [3.63, 3.8) is 0 Å². The maximum absolute atomic E-state index is 12.4. The third-order valence-electron chi connectivity index (χ3n) is 2.63. The molecular weight excluding hydrogens is 282 g/mol. The average molecular weight is 295 g/mol. The molecule has 0 aliphatic carbocycles.